The van der Waals surface area contributed by atoms with Crippen LogP contribution in [0.3, 0.4) is 0 Å². The fourth-order valence-electron chi connectivity index (χ4n) is 3.10. The van der Waals surface area contributed by atoms with Crippen LogP contribution in [0, 0.1) is 0 Å². The Morgan fingerprint density at radius 1 is 1.24 bits per heavy atom. The molecule has 132 valence electrons. The highest BCUT2D eigenvalue weighted by Gasteiger charge is 2.36. The lowest BCUT2D eigenvalue weighted by molar-refractivity contribution is 0.0485. The van der Waals surface area contributed by atoms with Crippen LogP contribution in [0.1, 0.15) is 39.3 Å². The Morgan fingerprint density at radius 2 is 1.96 bits per heavy atom. The number of rotatable bonds is 5. The summed E-state index contributed by atoms with van der Waals surface area (Å²) in [7, 11) is 0. The summed E-state index contributed by atoms with van der Waals surface area (Å²) in [6.07, 6.45) is 2.51. The first-order valence-electron chi connectivity index (χ1n) is 7.95. The lowest BCUT2D eigenvalue weighted by Gasteiger charge is -2.38. The molecule has 0 spiro atoms. The normalized spacial score (nSPS) is 16.4. The summed E-state index contributed by atoms with van der Waals surface area (Å²) in [5, 5.41) is 12.4. The predicted molar refractivity (Wildman–Crippen MR) is 91.2 cm³/mol. The Morgan fingerprint density at radius 3 is 2.60 bits per heavy atom. The monoisotopic (exact) mass is 363 g/mol. The van der Waals surface area contributed by atoms with Crippen LogP contribution in [0.2, 0.25) is 5.02 Å². The van der Waals surface area contributed by atoms with Gasteiger partial charge in [-0.3, -0.25) is 4.79 Å². The number of amides is 1. The van der Waals surface area contributed by atoms with Crippen LogP contribution in [-0.4, -0.2) is 36.7 Å². The molecule has 1 aromatic carbocycles. The van der Waals surface area contributed by atoms with Crippen LogP contribution < -0.4 is 5.32 Å². The van der Waals surface area contributed by atoms with E-state index in [1.54, 1.807) is 0 Å². The zero-order valence-corrected chi connectivity index (χ0v) is 14.2. The molecule has 2 N–H and O–H groups in total. The molecular weight excluding hydrogens is 346 g/mol. The summed E-state index contributed by atoms with van der Waals surface area (Å²) in [5.74, 6) is -1.62. The van der Waals surface area contributed by atoms with Crippen LogP contribution in [0.25, 0.3) is 0 Å². The smallest absolute Gasteiger partial charge is 0.338 e. The lowest BCUT2D eigenvalue weighted by atomic mass is 9.74. The van der Waals surface area contributed by atoms with Gasteiger partial charge in [-0.1, -0.05) is 29.8 Å². The van der Waals surface area contributed by atoms with Gasteiger partial charge in [0.1, 0.15) is 6.26 Å². The number of hydrogen-bond acceptors (Lipinski definition) is 4. The van der Waals surface area contributed by atoms with Crippen molar-refractivity contribution < 1.29 is 23.8 Å². The van der Waals surface area contributed by atoms with Gasteiger partial charge in [0.05, 0.1) is 5.56 Å². The van der Waals surface area contributed by atoms with Crippen LogP contribution in [-0.2, 0) is 10.2 Å². The van der Waals surface area contributed by atoms with Gasteiger partial charge in [-0.05, 0) is 24.5 Å². The molecule has 2 aromatic rings. The van der Waals surface area contributed by atoms with Crippen LogP contribution in [0.4, 0.5) is 0 Å². The number of benzene rings is 1. The van der Waals surface area contributed by atoms with E-state index in [1.807, 2.05) is 24.3 Å². The fourth-order valence-corrected chi connectivity index (χ4v) is 3.43. The number of halogens is 1. The Kier molecular flexibility index (Phi) is 5.11. The van der Waals surface area contributed by atoms with Gasteiger partial charge >= 0.3 is 5.97 Å². The average molecular weight is 364 g/mol. The predicted octanol–water partition coefficient (Wildman–Crippen LogP) is 3.11. The van der Waals surface area contributed by atoms with Gasteiger partial charge in [0.2, 0.25) is 0 Å². The largest absolute Gasteiger partial charge is 0.478 e. The van der Waals surface area contributed by atoms with Crippen LogP contribution in [0.15, 0.2) is 41.0 Å². The third kappa shape index (κ3) is 3.70. The second-order valence-electron chi connectivity index (χ2n) is 6.06. The van der Waals surface area contributed by atoms with Crippen molar-refractivity contribution in [1.82, 2.24) is 5.32 Å². The van der Waals surface area contributed by atoms with Crippen molar-refractivity contribution in [3.8, 4) is 0 Å². The second kappa shape index (κ2) is 7.29. The summed E-state index contributed by atoms with van der Waals surface area (Å²) < 4.78 is 10.5. The second-order valence-corrected chi connectivity index (χ2v) is 6.47. The molecule has 1 fully saturated rings. The van der Waals surface area contributed by atoms with Crippen LogP contribution in [0.5, 0.6) is 0 Å². The van der Waals surface area contributed by atoms with E-state index in [2.05, 4.69) is 5.32 Å². The molecule has 0 atom stereocenters. The summed E-state index contributed by atoms with van der Waals surface area (Å²) in [5.41, 5.74) is 0.594. The minimum atomic E-state index is -1.14. The number of ether oxygens (including phenoxy) is 1. The highest BCUT2D eigenvalue weighted by Crippen LogP contribution is 2.38. The maximum atomic E-state index is 12.3. The standard InChI is InChI=1S/C18H18ClNO5/c19-14-4-2-1-3-13(14)18(5-7-24-8-6-18)11-20-16(21)15-9-12(10-25-15)17(22)23/h1-4,9-10H,5-8,11H2,(H,20,21)(H,22,23). The molecule has 1 aromatic heterocycles. The van der Waals surface area contributed by atoms with Crippen molar-refractivity contribution in [3.63, 3.8) is 0 Å². The Balaban J connectivity index is 1.78. The molecule has 0 saturated carbocycles. The number of hydrogen-bond donors (Lipinski definition) is 2. The quantitative estimate of drug-likeness (QED) is 0.852. The molecule has 1 aliphatic rings. The molecule has 7 heteroatoms. The Bertz CT molecular complexity index is 779. The zero-order chi connectivity index (χ0) is 17.9. The van der Waals surface area contributed by atoms with Gasteiger partial charge in [-0.25, -0.2) is 4.79 Å². The number of carboxylic acids is 1. The third-order valence-corrected chi connectivity index (χ3v) is 4.88. The summed E-state index contributed by atoms with van der Waals surface area (Å²) in [6.45, 7) is 1.54. The third-order valence-electron chi connectivity index (χ3n) is 4.55. The maximum Gasteiger partial charge on any atom is 0.338 e. The van der Waals surface area contributed by atoms with E-state index in [-0.39, 0.29) is 16.7 Å². The van der Waals surface area contributed by atoms with Crippen molar-refractivity contribution in [1.29, 1.82) is 0 Å². The Labute approximate surface area is 149 Å². The van der Waals surface area contributed by atoms with E-state index in [9.17, 15) is 9.59 Å². The molecular formula is C18H18ClNO5. The van der Waals surface area contributed by atoms with E-state index >= 15 is 0 Å². The minimum Gasteiger partial charge on any atom is -0.478 e. The lowest BCUT2D eigenvalue weighted by Crippen LogP contribution is -2.44. The van der Waals surface area contributed by atoms with Gasteiger partial charge in [0, 0.05) is 36.3 Å². The maximum absolute atomic E-state index is 12.3. The molecule has 3 rings (SSSR count). The van der Waals surface area contributed by atoms with Crippen molar-refractivity contribution in [2.45, 2.75) is 18.3 Å². The number of carbonyl (C=O) groups is 2. The molecule has 0 radical (unpaired) electrons. The van der Waals surface area contributed by atoms with Crippen molar-refractivity contribution in [2.75, 3.05) is 19.8 Å². The first-order valence-corrected chi connectivity index (χ1v) is 8.32. The van der Waals surface area contributed by atoms with Crippen molar-refractivity contribution >= 4 is 23.5 Å². The van der Waals surface area contributed by atoms with E-state index in [0.717, 1.165) is 24.7 Å². The topological polar surface area (TPSA) is 88.8 Å². The fraction of sp³-hybridized carbons (Fsp3) is 0.333. The molecule has 25 heavy (non-hydrogen) atoms. The molecule has 6 nitrogen and oxygen atoms in total. The number of nitrogens with one attached hydrogen (secondary N) is 1. The average Bonchev–Trinajstić information content (AvgIpc) is 3.11. The molecule has 2 heterocycles. The van der Waals surface area contributed by atoms with Gasteiger partial charge in [0.25, 0.3) is 5.91 Å². The highest BCUT2D eigenvalue weighted by molar-refractivity contribution is 6.31. The van der Waals surface area contributed by atoms with Crippen molar-refractivity contribution in [2.24, 2.45) is 0 Å². The molecule has 0 aliphatic carbocycles. The van der Waals surface area contributed by atoms with E-state index in [0.29, 0.717) is 24.8 Å². The van der Waals surface area contributed by atoms with Gasteiger partial charge in [0.15, 0.2) is 5.76 Å². The Hall–Kier alpha value is -2.31. The number of carbonyl (C=O) groups excluding carboxylic acids is 1. The zero-order valence-electron chi connectivity index (χ0n) is 13.5. The van der Waals surface area contributed by atoms with E-state index in [1.165, 1.54) is 6.07 Å². The molecule has 0 bridgehead atoms. The number of furan rings is 1. The first kappa shape index (κ1) is 17.5. The van der Waals surface area contributed by atoms with E-state index in [4.69, 9.17) is 25.9 Å². The van der Waals surface area contributed by atoms with Crippen molar-refractivity contribution in [3.05, 3.63) is 58.5 Å². The number of aromatic carboxylic acids is 1. The highest BCUT2D eigenvalue weighted by atomic mass is 35.5. The van der Waals surface area contributed by atoms with Crippen LogP contribution >= 0.6 is 11.6 Å². The summed E-state index contributed by atoms with van der Waals surface area (Å²) in [4.78, 5) is 23.2. The SMILES string of the molecule is O=C(O)c1coc(C(=O)NCC2(c3ccccc3Cl)CCOCC2)c1. The summed E-state index contributed by atoms with van der Waals surface area (Å²) >= 11 is 6.38. The summed E-state index contributed by atoms with van der Waals surface area (Å²) in [6, 6.07) is 8.81. The van der Waals surface area contributed by atoms with Gasteiger partial charge in [-0.2, -0.15) is 0 Å². The number of carboxylic acid groups (broad SMARTS) is 1. The molecule has 1 amide bonds. The first-order chi connectivity index (χ1) is 12.0. The molecule has 1 aliphatic heterocycles. The molecule has 1 saturated heterocycles. The molecule has 0 unspecified atom stereocenters. The van der Waals surface area contributed by atoms with E-state index < -0.39 is 11.9 Å². The van der Waals surface area contributed by atoms with Gasteiger partial charge < -0.3 is 19.6 Å². The van der Waals surface area contributed by atoms with Gasteiger partial charge in [-0.15, -0.1) is 0 Å². The minimum absolute atomic E-state index is 0.0289.